The van der Waals surface area contributed by atoms with E-state index in [4.69, 9.17) is 22.1 Å². The van der Waals surface area contributed by atoms with E-state index < -0.39 is 11.8 Å². The molecule has 3 aromatic rings. The molecule has 27 heavy (non-hydrogen) atoms. The van der Waals surface area contributed by atoms with Gasteiger partial charge in [-0.1, -0.05) is 11.6 Å². The zero-order chi connectivity index (χ0) is 19.6. The van der Waals surface area contributed by atoms with Gasteiger partial charge in [-0.15, -0.1) is 0 Å². The molecule has 0 radical (unpaired) electrons. The van der Waals surface area contributed by atoms with Crippen LogP contribution >= 0.6 is 11.6 Å². The summed E-state index contributed by atoms with van der Waals surface area (Å²) in [5.41, 5.74) is 6.10. The molecule has 0 aliphatic rings. The van der Waals surface area contributed by atoms with Gasteiger partial charge in [0.05, 0.1) is 11.2 Å². The molecule has 3 N–H and O–H groups in total. The van der Waals surface area contributed by atoms with Crippen LogP contribution in [0.2, 0.25) is 5.02 Å². The molecule has 0 saturated carbocycles. The highest BCUT2D eigenvalue weighted by Crippen LogP contribution is 2.31. The Labute approximate surface area is 158 Å². The fourth-order valence-electron chi connectivity index (χ4n) is 2.57. The summed E-state index contributed by atoms with van der Waals surface area (Å²) in [6, 6.07) is 4.39. The van der Waals surface area contributed by atoms with Gasteiger partial charge in [0.2, 0.25) is 0 Å². The predicted molar refractivity (Wildman–Crippen MR) is 98.0 cm³/mol. The molecule has 142 valence electrons. The highest BCUT2D eigenvalue weighted by Gasteiger charge is 2.18. The van der Waals surface area contributed by atoms with E-state index >= 15 is 0 Å². The zero-order valence-electron chi connectivity index (χ0n) is 14.4. The number of rotatable bonds is 7. The molecule has 10 heteroatoms. The van der Waals surface area contributed by atoms with Crippen molar-refractivity contribution in [2.24, 2.45) is 5.73 Å². The fourth-order valence-corrected chi connectivity index (χ4v) is 2.78. The Hall–Kier alpha value is -2.91. The smallest absolute Gasteiger partial charge is 0.341 e. The van der Waals surface area contributed by atoms with Crippen LogP contribution in [0.15, 0.2) is 30.6 Å². The molecule has 0 aliphatic heterocycles. The molecule has 0 aliphatic carbocycles. The minimum Gasteiger partial charge on any atom is -0.492 e. The van der Waals surface area contributed by atoms with Crippen molar-refractivity contribution in [2.75, 3.05) is 25.1 Å². The van der Waals surface area contributed by atoms with E-state index in [1.165, 1.54) is 22.8 Å². The van der Waals surface area contributed by atoms with Crippen LogP contribution in [-0.2, 0) is 6.54 Å². The van der Waals surface area contributed by atoms with E-state index in [0.29, 0.717) is 23.7 Å². The summed E-state index contributed by atoms with van der Waals surface area (Å²) >= 11 is 6.13. The average Bonchev–Trinajstić information content (AvgIpc) is 3.08. The second-order valence-electron chi connectivity index (χ2n) is 5.75. The van der Waals surface area contributed by atoms with Gasteiger partial charge in [-0.3, -0.25) is 0 Å². The van der Waals surface area contributed by atoms with Crippen LogP contribution in [0.1, 0.15) is 15.9 Å². The summed E-state index contributed by atoms with van der Waals surface area (Å²) in [4.78, 5) is 17.3. The quantitative estimate of drug-likeness (QED) is 0.633. The highest BCUT2D eigenvalue weighted by molar-refractivity contribution is 6.31. The van der Waals surface area contributed by atoms with E-state index in [0.717, 1.165) is 0 Å². The third-order valence-corrected chi connectivity index (χ3v) is 4.31. The van der Waals surface area contributed by atoms with Crippen molar-refractivity contribution >= 4 is 29.0 Å². The van der Waals surface area contributed by atoms with E-state index in [1.54, 1.807) is 24.2 Å². The fraction of sp³-hybridized carbons (Fsp3) is 0.235. The van der Waals surface area contributed by atoms with Crippen molar-refractivity contribution in [3.8, 4) is 5.75 Å². The number of aromatic nitrogens is 3. The Balaban J connectivity index is 1.94. The molecule has 0 unspecified atom stereocenters. The summed E-state index contributed by atoms with van der Waals surface area (Å²) in [7, 11) is 1.73. The van der Waals surface area contributed by atoms with Gasteiger partial charge in [0.15, 0.2) is 5.65 Å². The molecule has 8 nitrogen and oxygen atoms in total. The number of ether oxygens (including phenoxy) is 1. The van der Waals surface area contributed by atoms with Gasteiger partial charge in [0.1, 0.15) is 29.6 Å². The summed E-state index contributed by atoms with van der Waals surface area (Å²) in [6.45, 7) is 0.762. The Morgan fingerprint density at radius 3 is 2.93 bits per heavy atom. The van der Waals surface area contributed by atoms with Crippen LogP contribution in [-0.4, -0.2) is 45.9 Å². The van der Waals surface area contributed by atoms with Crippen LogP contribution in [0, 0.1) is 5.82 Å². The lowest BCUT2D eigenvalue weighted by Crippen LogP contribution is -2.20. The maximum absolute atomic E-state index is 13.9. The van der Waals surface area contributed by atoms with Gasteiger partial charge in [-0.25, -0.2) is 18.7 Å². The van der Waals surface area contributed by atoms with Gasteiger partial charge in [0, 0.05) is 31.9 Å². The summed E-state index contributed by atoms with van der Waals surface area (Å²) in [6.07, 6.45) is 2.83. The van der Waals surface area contributed by atoms with Crippen molar-refractivity contribution in [3.63, 3.8) is 0 Å². The number of hydrogen-bond acceptors (Lipinski definition) is 6. The van der Waals surface area contributed by atoms with E-state index in [-0.39, 0.29) is 29.4 Å². The first-order chi connectivity index (χ1) is 12.9. The van der Waals surface area contributed by atoms with Crippen LogP contribution in [0.5, 0.6) is 5.75 Å². The Kier molecular flexibility index (Phi) is 5.43. The second kappa shape index (κ2) is 7.77. The highest BCUT2D eigenvalue weighted by atomic mass is 35.5. The van der Waals surface area contributed by atoms with Crippen LogP contribution in [0.4, 0.5) is 10.2 Å². The molecule has 2 heterocycles. The molecule has 1 aromatic carbocycles. The number of nitrogens with zero attached hydrogens (tertiary/aromatic N) is 4. The van der Waals surface area contributed by atoms with Gasteiger partial charge >= 0.3 is 5.97 Å². The largest absolute Gasteiger partial charge is 0.492 e. The maximum Gasteiger partial charge on any atom is 0.341 e. The number of hydrogen-bond donors (Lipinski definition) is 2. The number of nitrogens with two attached hydrogens (primary N) is 1. The molecule has 0 bridgehead atoms. The van der Waals surface area contributed by atoms with Gasteiger partial charge in [-0.2, -0.15) is 5.10 Å². The van der Waals surface area contributed by atoms with Crippen molar-refractivity contribution in [3.05, 3.63) is 52.6 Å². The summed E-state index contributed by atoms with van der Waals surface area (Å²) in [5.74, 6) is -0.790. The number of anilines is 1. The van der Waals surface area contributed by atoms with Crippen molar-refractivity contribution in [2.45, 2.75) is 6.54 Å². The lowest BCUT2D eigenvalue weighted by molar-refractivity contribution is 0.0698. The number of fused-ring (bicyclic) bond motifs is 1. The molecule has 0 spiro atoms. The topological polar surface area (TPSA) is 106 Å². The monoisotopic (exact) mass is 393 g/mol. The molecular weight excluding hydrogens is 377 g/mol. The maximum atomic E-state index is 13.9. The third-order valence-electron chi connectivity index (χ3n) is 3.90. The van der Waals surface area contributed by atoms with Gasteiger partial charge < -0.3 is 20.5 Å². The van der Waals surface area contributed by atoms with Gasteiger partial charge in [-0.05, 0) is 18.2 Å². The lowest BCUT2D eigenvalue weighted by Gasteiger charge is -2.21. The number of carboxylic acid groups (broad SMARTS) is 1. The standard InChI is InChI=1S/C17H17ClFN5O3/c1-23(9-11-13(27-7-5-20)3-2-12(19)15(11)18)14-4-6-24-16(22-14)10(8-21-24)17(25)26/h2-4,6,8H,5,7,9,20H2,1H3,(H,25,26). The van der Waals surface area contributed by atoms with E-state index in [1.807, 2.05) is 0 Å². The van der Waals surface area contributed by atoms with Crippen molar-refractivity contribution < 1.29 is 19.0 Å². The number of aromatic carboxylic acids is 1. The van der Waals surface area contributed by atoms with E-state index in [9.17, 15) is 14.3 Å². The van der Waals surface area contributed by atoms with Crippen molar-refractivity contribution in [1.29, 1.82) is 0 Å². The number of carboxylic acids is 1. The second-order valence-corrected chi connectivity index (χ2v) is 6.13. The van der Waals surface area contributed by atoms with E-state index in [2.05, 4.69) is 10.1 Å². The first-order valence-corrected chi connectivity index (χ1v) is 8.38. The van der Waals surface area contributed by atoms with Crippen molar-refractivity contribution in [1.82, 2.24) is 14.6 Å². The number of carbonyl (C=O) groups is 1. The van der Waals surface area contributed by atoms with Crippen LogP contribution in [0.25, 0.3) is 5.65 Å². The molecule has 0 amide bonds. The average molecular weight is 394 g/mol. The third kappa shape index (κ3) is 3.79. The Bertz CT molecular complexity index is 994. The summed E-state index contributed by atoms with van der Waals surface area (Å²) < 4.78 is 20.8. The minimum atomic E-state index is -1.12. The predicted octanol–water partition coefficient (Wildman–Crippen LogP) is 2.19. The van der Waals surface area contributed by atoms with Gasteiger partial charge in [0.25, 0.3) is 0 Å². The molecule has 0 saturated heterocycles. The SMILES string of the molecule is CN(Cc1c(OCCN)ccc(F)c1Cl)c1ccn2ncc(C(=O)O)c2n1. The normalized spacial score (nSPS) is 11.0. The first-order valence-electron chi connectivity index (χ1n) is 8.01. The van der Waals surface area contributed by atoms with Crippen LogP contribution in [0.3, 0.4) is 0 Å². The minimum absolute atomic E-state index is 0.0130. The lowest BCUT2D eigenvalue weighted by atomic mass is 10.1. The number of benzene rings is 1. The molecule has 0 fully saturated rings. The zero-order valence-corrected chi connectivity index (χ0v) is 15.1. The molecular formula is C17H17ClFN5O3. The Morgan fingerprint density at radius 2 is 2.22 bits per heavy atom. The first kappa shape index (κ1) is 18.9. The van der Waals surface area contributed by atoms with Crippen LogP contribution < -0.4 is 15.4 Å². The molecule has 0 atom stereocenters. The summed E-state index contributed by atoms with van der Waals surface area (Å²) in [5, 5.41) is 13.1. The Morgan fingerprint density at radius 1 is 1.44 bits per heavy atom. The molecule has 2 aromatic heterocycles. The molecule has 3 rings (SSSR count). The number of halogens is 2.